The van der Waals surface area contributed by atoms with Crippen LogP contribution in [0.4, 0.5) is 10.1 Å². The summed E-state index contributed by atoms with van der Waals surface area (Å²) in [6, 6.07) is 6.73. The van der Waals surface area contributed by atoms with E-state index in [9.17, 15) is 4.39 Å². The molecule has 0 bridgehead atoms. The van der Waals surface area contributed by atoms with Crippen molar-refractivity contribution in [1.29, 1.82) is 0 Å². The maximum absolute atomic E-state index is 13.0. The second-order valence-corrected chi connectivity index (χ2v) is 4.65. The molecular formula is C14H16ClFN2. The zero-order valence-electron chi connectivity index (χ0n) is 10.3. The Kier molecular flexibility index (Phi) is 4.26. The molecule has 0 aliphatic heterocycles. The molecule has 1 N–H and O–H groups in total. The molecule has 2 aromatic rings. The summed E-state index contributed by atoms with van der Waals surface area (Å²) >= 11 is 5.72. The number of hydrogen-bond donors (Lipinski definition) is 1. The lowest BCUT2D eigenvalue weighted by Gasteiger charge is -2.06. The Labute approximate surface area is 111 Å². The Hall–Kier alpha value is -1.48. The van der Waals surface area contributed by atoms with Gasteiger partial charge in [-0.2, -0.15) is 0 Å². The number of benzene rings is 1. The molecule has 1 aromatic heterocycles. The minimum atomic E-state index is -0.392. The van der Waals surface area contributed by atoms with Gasteiger partial charge in [-0.1, -0.05) is 18.5 Å². The van der Waals surface area contributed by atoms with Gasteiger partial charge in [0.25, 0.3) is 0 Å². The van der Waals surface area contributed by atoms with E-state index in [2.05, 4.69) is 35.3 Å². The Balaban J connectivity index is 1.95. The van der Waals surface area contributed by atoms with Crippen molar-refractivity contribution >= 4 is 17.3 Å². The first-order valence-corrected chi connectivity index (χ1v) is 6.40. The van der Waals surface area contributed by atoms with Crippen molar-refractivity contribution < 1.29 is 4.39 Å². The highest BCUT2D eigenvalue weighted by atomic mass is 35.5. The number of halogens is 2. The predicted molar refractivity (Wildman–Crippen MR) is 73.5 cm³/mol. The van der Waals surface area contributed by atoms with Gasteiger partial charge in [-0.15, -0.1) is 0 Å². The van der Waals surface area contributed by atoms with Gasteiger partial charge in [0.05, 0.1) is 5.02 Å². The van der Waals surface area contributed by atoms with Crippen molar-refractivity contribution in [3.63, 3.8) is 0 Å². The van der Waals surface area contributed by atoms with Gasteiger partial charge in [0, 0.05) is 31.2 Å². The van der Waals surface area contributed by atoms with Crippen molar-refractivity contribution in [3.8, 4) is 0 Å². The first-order valence-electron chi connectivity index (χ1n) is 6.02. The summed E-state index contributed by atoms with van der Waals surface area (Å²) in [7, 11) is 0. The summed E-state index contributed by atoms with van der Waals surface area (Å²) in [5.41, 5.74) is 2.02. The summed E-state index contributed by atoms with van der Waals surface area (Å²) in [5.74, 6) is -0.392. The van der Waals surface area contributed by atoms with E-state index in [4.69, 9.17) is 11.6 Å². The van der Waals surface area contributed by atoms with Gasteiger partial charge in [0.15, 0.2) is 0 Å². The van der Waals surface area contributed by atoms with Crippen LogP contribution in [-0.4, -0.2) is 4.57 Å². The minimum Gasteiger partial charge on any atom is -0.381 e. The third-order valence-electron chi connectivity index (χ3n) is 2.71. The lowest BCUT2D eigenvalue weighted by atomic mass is 10.3. The molecule has 0 aliphatic carbocycles. The van der Waals surface area contributed by atoms with Crippen molar-refractivity contribution in [2.75, 3.05) is 5.32 Å². The Morgan fingerprint density at radius 2 is 2.17 bits per heavy atom. The predicted octanol–water partition coefficient (Wildman–Crippen LogP) is 4.30. The SMILES string of the molecule is CCCn1ccc(CNc2ccc(F)c(Cl)c2)c1. The van der Waals surface area contributed by atoms with Crippen molar-refractivity contribution in [2.24, 2.45) is 0 Å². The van der Waals surface area contributed by atoms with Crippen LogP contribution in [0.15, 0.2) is 36.7 Å². The quantitative estimate of drug-likeness (QED) is 0.854. The van der Waals surface area contributed by atoms with Crippen LogP contribution >= 0.6 is 11.6 Å². The lowest BCUT2D eigenvalue weighted by molar-refractivity contribution is 0.628. The molecule has 0 unspecified atom stereocenters. The molecule has 0 saturated carbocycles. The Bertz CT molecular complexity index is 522. The number of hydrogen-bond acceptors (Lipinski definition) is 1. The maximum Gasteiger partial charge on any atom is 0.141 e. The lowest BCUT2D eigenvalue weighted by Crippen LogP contribution is -1.99. The molecule has 2 nitrogen and oxygen atoms in total. The minimum absolute atomic E-state index is 0.142. The number of aromatic nitrogens is 1. The van der Waals surface area contributed by atoms with E-state index in [1.165, 1.54) is 11.6 Å². The molecule has 1 aromatic carbocycles. The van der Waals surface area contributed by atoms with Crippen LogP contribution in [0.2, 0.25) is 5.02 Å². The Morgan fingerprint density at radius 3 is 2.89 bits per heavy atom. The number of nitrogens with one attached hydrogen (secondary N) is 1. The topological polar surface area (TPSA) is 17.0 Å². The van der Waals surface area contributed by atoms with Crippen molar-refractivity contribution in [1.82, 2.24) is 4.57 Å². The molecule has 96 valence electrons. The van der Waals surface area contributed by atoms with Gasteiger partial charge >= 0.3 is 0 Å². The van der Waals surface area contributed by atoms with E-state index in [1.54, 1.807) is 12.1 Å². The first-order chi connectivity index (χ1) is 8.69. The van der Waals surface area contributed by atoms with Crippen LogP contribution < -0.4 is 5.32 Å². The van der Waals surface area contributed by atoms with Crippen molar-refractivity contribution in [2.45, 2.75) is 26.4 Å². The zero-order chi connectivity index (χ0) is 13.0. The highest BCUT2D eigenvalue weighted by Crippen LogP contribution is 2.19. The van der Waals surface area contributed by atoms with Crippen molar-refractivity contribution in [3.05, 3.63) is 53.1 Å². The molecule has 0 saturated heterocycles. The third kappa shape index (κ3) is 3.26. The van der Waals surface area contributed by atoms with E-state index >= 15 is 0 Å². The molecule has 0 radical (unpaired) electrons. The van der Waals surface area contributed by atoms with Crippen LogP contribution in [0, 0.1) is 5.82 Å². The molecule has 0 spiro atoms. The highest BCUT2D eigenvalue weighted by Gasteiger charge is 2.01. The fourth-order valence-electron chi connectivity index (χ4n) is 1.80. The number of rotatable bonds is 5. The molecule has 18 heavy (non-hydrogen) atoms. The third-order valence-corrected chi connectivity index (χ3v) is 3.00. The molecule has 0 aliphatic rings. The Morgan fingerprint density at radius 1 is 1.33 bits per heavy atom. The fourth-order valence-corrected chi connectivity index (χ4v) is 1.98. The van der Waals surface area contributed by atoms with Crippen LogP contribution in [0.3, 0.4) is 0 Å². The molecule has 0 amide bonds. The summed E-state index contributed by atoms with van der Waals surface area (Å²) < 4.78 is 15.1. The van der Waals surface area contributed by atoms with E-state index < -0.39 is 5.82 Å². The maximum atomic E-state index is 13.0. The number of aryl methyl sites for hydroxylation is 1. The second kappa shape index (κ2) is 5.91. The van der Waals surface area contributed by atoms with Gasteiger partial charge < -0.3 is 9.88 Å². The largest absolute Gasteiger partial charge is 0.381 e. The molecule has 2 rings (SSSR count). The van der Waals surface area contributed by atoms with E-state index in [-0.39, 0.29) is 5.02 Å². The highest BCUT2D eigenvalue weighted by molar-refractivity contribution is 6.31. The average molecular weight is 267 g/mol. The van der Waals surface area contributed by atoms with E-state index in [0.29, 0.717) is 6.54 Å². The fraction of sp³-hybridized carbons (Fsp3) is 0.286. The van der Waals surface area contributed by atoms with E-state index in [1.807, 2.05) is 0 Å². The average Bonchev–Trinajstić information content (AvgIpc) is 2.79. The molecule has 4 heteroatoms. The number of nitrogens with zero attached hydrogens (tertiary/aromatic N) is 1. The normalized spacial score (nSPS) is 10.6. The van der Waals surface area contributed by atoms with Gasteiger partial charge in [0.2, 0.25) is 0 Å². The number of anilines is 1. The first kappa shape index (κ1) is 13.0. The van der Waals surface area contributed by atoms with Crippen LogP contribution in [0.5, 0.6) is 0 Å². The second-order valence-electron chi connectivity index (χ2n) is 4.24. The van der Waals surface area contributed by atoms with Crippen LogP contribution in [-0.2, 0) is 13.1 Å². The summed E-state index contributed by atoms with van der Waals surface area (Å²) in [4.78, 5) is 0. The standard InChI is InChI=1S/C14H16ClFN2/c1-2-6-18-7-5-11(10-18)9-17-12-3-4-14(16)13(15)8-12/h3-5,7-8,10,17H,2,6,9H2,1H3. The van der Waals surface area contributed by atoms with Crippen LogP contribution in [0.25, 0.3) is 0 Å². The monoisotopic (exact) mass is 266 g/mol. The van der Waals surface area contributed by atoms with E-state index in [0.717, 1.165) is 18.7 Å². The smallest absolute Gasteiger partial charge is 0.141 e. The van der Waals surface area contributed by atoms with Gasteiger partial charge in [0.1, 0.15) is 5.82 Å². The van der Waals surface area contributed by atoms with Gasteiger partial charge in [-0.3, -0.25) is 0 Å². The molecule has 0 fully saturated rings. The van der Waals surface area contributed by atoms with Gasteiger partial charge in [-0.05, 0) is 36.2 Å². The van der Waals surface area contributed by atoms with Gasteiger partial charge in [-0.25, -0.2) is 4.39 Å². The summed E-state index contributed by atoms with van der Waals surface area (Å²) in [6.45, 7) is 3.89. The molecule has 0 atom stereocenters. The zero-order valence-corrected chi connectivity index (χ0v) is 11.0. The molecule has 1 heterocycles. The van der Waals surface area contributed by atoms with Crippen LogP contribution in [0.1, 0.15) is 18.9 Å². The summed E-state index contributed by atoms with van der Waals surface area (Å²) in [6.07, 6.45) is 5.30. The summed E-state index contributed by atoms with van der Waals surface area (Å²) in [5, 5.41) is 3.36. The molecular weight excluding hydrogens is 251 g/mol.